The number of carbonyl (C=O) groups excluding carboxylic acids is 2. The van der Waals surface area contributed by atoms with Gasteiger partial charge in [-0.2, -0.15) is 0 Å². The van der Waals surface area contributed by atoms with E-state index in [9.17, 15) is 9.59 Å². The summed E-state index contributed by atoms with van der Waals surface area (Å²) in [7, 11) is 0. The van der Waals surface area contributed by atoms with Gasteiger partial charge < -0.3 is 18.9 Å². The van der Waals surface area contributed by atoms with Crippen molar-refractivity contribution in [1.29, 1.82) is 0 Å². The van der Waals surface area contributed by atoms with Crippen molar-refractivity contribution in [2.45, 2.75) is 32.6 Å². The minimum absolute atomic E-state index is 0.134. The molecule has 0 heterocycles. The van der Waals surface area contributed by atoms with E-state index in [-0.39, 0.29) is 13.6 Å². The second-order valence-electron chi connectivity index (χ2n) is 8.41. The fourth-order valence-electron chi connectivity index (χ4n) is 3.70. The largest absolute Gasteiger partial charge is 0.457 e. The van der Waals surface area contributed by atoms with Gasteiger partial charge in [-0.3, -0.25) is 0 Å². The average molecular weight is 501 g/mol. The van der Waals surface area contributed by atoms with Gasteiger partial charge in [-0.05, 0) is 84.7 Å². The summed E-state index contributed by atoms with van der Waals surface area (Å²) in [5, 5.41) is 0. The lowest BCUT2D eigenvalue weighted by Crippen LogP contribution is -2.07. The van der Waals surface area contributed by atoms with E-state index < -0.39 is 11.9 Å². The molecule has 0 aliphatic rings. The van der Waals surface area contributed by atoms with Crippen LogP contribution < -0.4 is 9.47 Å². The summed E-state index contributed by atoms with van der Waals surface area (Å²) < 4.78 is 20.4. The van der Waals surface area contributed by atoms with Gasteiger partial charge in [0.2, 0.25) is 13.6 Å². The lowest BCUT2D eigenvalue weighted by Gasteiger charge is -2.10. The van der Waals surface area contributed by atoms with Gasteiger partial charge in [-0.25, -0.2) is 9.59 Å². The van der Waals surface area contributed by atoms with E-state index >= 15 is 0 Å². The highest BCUT2D eigenvalue weighted by molar-refractivity contribution is 5.81. The predicted molar refractivity (Wildman–Crippen MR) is 142 cm³/mol. The Morgan fingerprint density at radius 3 is 1.54 bits per heavy atom. The van der Waals surface area contributed by atoms with Crippen LogP contribution in [0.2, 0.25) is 0 Å². The van der Waals surface area contributed by atoms with Gasteiger partial charge in [0.1, 0.15) is 11.5 Å². The molecular weight excluding hydrogens is 468 g/mol. The number of hydrogen-bond donors (Lipinski definition) is 0. The smallest absolute Gasteiger partial charge is 0.333 e. The van der Waals surface area contributed by atoms with E-state index in [0.717, 1.165) is 37.8 Å². The number of rotatable bonds is 14. The maximum absolute atomic E-state index is 11.1. The number of carbonyl (C=O) groups is 2. The molecule has 0 radical (unpaired) electrons. The van der Waals surface area contributed by atoms with Crippen LogP contribution in [0.4, 0.5) is 0 Å². The quantitative estimate of drug-likeness (QED) is 0.161. The van der Waals surface area contributed by atoms with Gasteiger partial charge in [0.25, 0.3) is 0 Å². The van der Waals surface area contributed by atoms with Crippen LogP contribution >= 0.6 is 0 Å². The van der Waals surface area contributed by atoms with Crippen molar-refractivity contribution < 1.29 is 28.5 Å². The molecule has 0 aliphatic carbocycles. The second-order valence-corrected chi connectivity index (χ2v) is 8.41. The number of hydrogen-bond acceptors (Lipinski definition) is 6. The lowest BCUT2D eigenvalue weighted by atomic mass is 9.96. The van der Waals surface area contributed by atoms with Gasteiger partial charge >= 0.3 is 11.9 Å². The Balaban J connectivity index is 1.43. The van der Waals surface area contributed by atoms with Gasteiger partial charge in [-0.15, -0.1) is 0 Å². The molecule has 0 saturated heterocycles. The minimum Gasteiger partial charge on any atom is -0.457 e. The molecule has 0 aromatic heterocycles. The molecule has 0 N–H and O–H groups in total. The first-order valence-corrected chi connectivity index (χ1v) is 12.1. The summed E-state index contributed by atoms with van der Waals surface area (Å²) in [6.07, 6.45) is 5.95. The number of aryl methyl sites for hydroxylation is 5. The van der Waals surface area contributed by atoms with E-state index in [0.29, 0.717) is 11.5 Å². The topological polar surface area (TPSA) is 71.1 Å². The minimum atomic E-state index is -0.510. The van der Waals surface area contributed by atoms with E-state index in [1.807, 2.05) is 48.5 Å². The van der Waals surface area contributed by atoms with Crippen LogP contribution in [0.3, 0.4) is 0 Å². The summed E-state index contributed by atoms with van der Waals surface area (Å²) in [6, 6.07) is 22.3. The molecule has 6 heteroatoms. The lowest BCUT2D eigenvalue weighted by molar-refractivity contribution is -0.145. The highest BCUT2D eigenvalue weighted by atomic mass is 16.7. The highest BCUT2D eigenvalue weighted by Gasteiger charge is 2.05. The second kappa shape index (κ2) is 14.3. The Morgan fingerprint density at radius 1 is 0.649 bits per heavy atom. The zero-order chi connectivity index (χ0) is 26.5. The summed E-state index contributed by atoms with van der Waals surface area (Å²) in [5.41, 5.74) is 6.35. The van der Waals surface area contributed by atoms with Crippen molar-refractivity contribution in [2.75, 3.05) is 13.6 Å². The van der Waals surface area contributed by atoms with Gasteiger partial charge in [0, 0.05) is 12.2 Å². The third kappa shape index (κ3) is 9.33. The van der Waals surface area contributed by atoms with Gasteiger partial charge in [-0.1, -0.05) is 55.6 Å². The normalized spacial score (nSPS) is 10.3. The van der Waals surface area contributed by atoms with Crippen LogP contribution in [0.1, 0.15) is 27.8 Å². The Hall–Kier alpha value is -4.32. The molecule has 0 fully saturated rings. The Labute approximate surface area is 218 Å². The number of esters is 2. The fourth-order valence-corrected chi connectivity index (χ4v) is 3.70. The first-order valence-electron chi connectivity index (χ1n) is 12.1. The molecule has 0 bridgehead atoms. The van der Waals surface area contributed by atoms with E-state index in [1.165, 1.54) is 27.8 Å². The van der Waals surface area contributed by atoms with E-state index in [4.69, 9.17) is 18.9 Å². The SMILES string of the molecule is C=CC(=O)OCOc1ccc(CCc2ccc(CCc3ccc(OCOC(=O)C=C)cc3)c(C)c2)cc1. The van der Waals surface area contributed by atoms with Crippen molar-refractivity contribution in [1.82, 2.24) is 0 Å². The van der Waals surface area contributed by atoms with Crippen LogP contribution in [-0.4, -0.2) is 25.5 Å². The Bertz CT molecular complexity index is 1200. The molecule has 3 rings (SSSR count). The van der Waals surface area contributed by atoms with Crippen molar-refractivity contribution in [3.05, 3.63) is 120 Å². The zero-order valence-corrected chi connectivity index (χ0v) is 21.1. The molecule has 3 aromatic carbocycles. The average Bonchev–Trinajstić information content (AvgIpc) is 2.92. The van der Waals surface area contributed by atoms with E-state index in [2.05, 4.69) is 38.3 Å². The van der Waals surface area contributed by atoms with Gasteiger partial charge in [0.05, 0.1) is 0 Å². The first-order chi connectivity index (χ1) is 18.0. The molecule has 0 saturated carbocycles. The molecule has 192 valence electrons. The molecule has 0 atom stereocenters. The summed E-state index contributed by atoms with van der Waals surface area (Å²) in [6.45, 7) is 8.58. The summed E-state index contributed by atoms with van der Waals surface area (Å²) >= 11 is 0. The monoisotopic (exact) mass is 500 g/mol. The van der Waals surface area contributed by atoms with E-state index in [1.54, 1.807) is 0 Å². The van der Waals surface area contributed by atoms with Crippen LogP contribution in [-0.2, 0) is 44.7 Å². The standard InChI is InChI=1S/C31H32O6/c1-4-30(32)36-21-34-28-16-10-24(11-17-28)6-7-26-9-15-27(23(3)20-26)14-8-25-12-18-29(19-13-25)35-22-37-31(33)5-2/h4-5,9-13,15-20H,1-2,6-8,14,21-22H2,3H3. The number of benzene rings is 3. The van der Waals surface area contributed by atoms with Gasteiger partial charge in [0.15, 0.2) is 0 Å². The third-order valence-electron chi connectivity index (χ3n) is 5.83. The third-order valence-corrected chi connectivity index (χ3v) is 5.83. The van der Waals surface area contributed by atoms with Crippen molar-refractivity contribution in [3.63, 3.8) is 0 Å². The molecule has 0 spiro atoms. The Morgan fingerprint density at radius 2 is 1.08 bits per heavy atom. The van der Waals surface area contributed by atoms with Crippen molar-refractivity contribution >= 4 is 11.9 Å². The Kier molecular flexibility index (Phi) is 10.5. The molecule has 0 aliphatic heterocycles. The molecule has 37 heavy (non-hydrogen) atoms. The summed E-state index contributed by atoms with van der Waals surface area (Å²) in [4.78, 5) is 22.1. The predicted octanol–water partition coefficient (Wildman–Crippen LogP) is 5.70. The maximum Gasteiger partial charge on any atom is 0.333 e. The maximum atomic E-state index is 11.1. The van der Waals surface area contributed by atoms with Crippen LogP contribution in [0.5, 0.6) is 11.5 Å². The number of ether oxygens (including phenoxy) is 4. The summed E-state index contributed by atoms with van der Waals surface area (Å²) in [5.74, 6) is 0.280. The van der Waals surface area contributed by atoms with Crippen LogP contribution in [0.25, 0.3) is 0 Å². The molecule has 6 nitrogen and oxygen atoms in total. The van der Waals surface area contributed by atoms with Crippen molar-refractivity contribution in [3.8, 4) is 11.5 Å². The van der Waals surface area contributed by atoms with Crippen LogP contribution in [0.15, 0.2) is 92.0 Å². The first kappa shape index (κ1) is 27.3. The highest BCUT2D eigenvalue weighted by Crippen LogP contribution is 2.19. The van der Waals surface area contributed by atoms with Crippen LogP contribution in [0, 0.1) is 6.92 Å². The molecule has 3 aromatic rings. The molecule has 0 unspecified atom stereocenters. The van der Waals surface area contributed by atoms with Crippen molar-refractivity contribution in [2.24, 2.45) is 0 Å². The zero-order valence-electron chi connectivity index (χ0n) is 21.1. The fraction of sp³-hybridized carbons (Fsp3) is 0.226. The molecule has 0 amide bonds. The molecular formula is C31H32O6.